The predicted molar refractivity (Wildman–Crippen MR) is 117 cm³/mol. The molecule has 1 saturated heterocycles. The van der Waals surface area contributed by atoms with Crippen molar-refractivity contribution in [1.82, 2.24) is 29.4 Å². The number of aryl methyl sites for hydroxylation is 2. The molecule has 0 aliphatic carbocycles. The number of aromatic nitrogens is 5. The molecule has 0 saturated carbocycles. The second-order valence-electron chi connectivity index (χ2n) is 7.92. The molecule has 1 aromatic carbocycles. The molecule has 0 unspecified atom stereocenters. The molecular formula is C22H24N6OS. The van der Waals surface area contributed by atoms with Gasteiger partial charge in [-0.2, -0.15) is 5.10 Å². The van der Waals surface area contributed by atoms with Crippen LogP contribution in [0.3, 0.4) is 0 Å². The largest absolute Gasteiger partial charge is 0.338 e. The van der Waals surface area contributed by atoms with Crippen LogP contribution >= 0.6 is 11.3 Å². The molecule has 4 heterocycles. The zero-order chi connectivity index (χ0) is 20.7. The predicted octanol–water partition coefficient (Wildman–Crippen LogP) is 3.60. The molecule has 5 rings (SSSR count). The average Bonchev–Trinajstić information content (AvgIpc) is 3.46. The molecule has 1 aliphatic heterocycles. The Bertz CT molecular complexity index is 1180. The number of hydrogen-bond donors (Lipinski definition) is 0. The summed E-state index contributed by atoms with van der Waals surface area (Å²) in [6, 6.07) is 12.3. The van der Waals surface area contributed by atoms with E-state index in [0.29, 0.717) is 12.5 Å². The summed E-state index contributed by atoms with van der Waals surface area (Å²) >= 11 is 1.55. The maximum Gasteiger partial charge on any atom is 0.264 e. The molecular weight excluding hydrogens is 396 g/mol. The quantitative estimate of drug-likeness (QED) is 0.506. The number of benzene rings is 1. The van der Waals surface area contributed by atoms with Gasteiger partial charge in [0.15, 0.2) is 0 Å². The van der Waals surface area contributed by atoms with E-state index >= 15 is 0 Å². The highest BCUT2D eigenvalue weighted by atomic mass is 32.1. The van der Waals surface area contributed by atoms with E-state index in [1.165, 1.54) is 5.56 Å². The number of likely N-dealkylation sites (tertiary alicyclic amines) is 1. The molecule has 3 aromatic heterocycles. The van der Waals surface area contributed by atoms with E-state index in [2.05, 4.69) is 22.3 Å². The summed E-state index contributed by atoms with van der Waals surface area (Å²) < 4.78 is 4.00. The van der Waals surface area contributed by atoms with Gasteiger partial charge in [-0.15, -0.1) is 21.5 Å². The number of piperidine rings is 1. The van der Waals surface area contributed by atoms with Crippen molar-refractivity contribution < 1.29 is 4.79 Å². The van der Waals surface area contributed by atoms with Crippen LogP contribution < -0.4 is 0 Å². The van der Waals surface area contributed by atoms with E-state index in [4.69, 9.17) is 5.10 Å². The van der Waals surface area contributed by atoms with Gasteiger partial charge in [-0.1, -0.05) is 30.3 Å². The molecule has 8 heteroatoms. The third kappa shape index (κ3) is 3.41. The number of nitrogens with zero attached hydrogens (tertiary/aromatic N) is 6. The zero-order valence-electron chi connectivity index (χ0n) is 17.2. The van der Waals surface area contributed by atoms with Crippen molar-refractivity contribution in [1.29, 1.82) is 0 Å². The van der Waals surface area contributed by atoms with Gasteiger partial charge in [-0.25, -0.2) is 0 Å². The van der Waals surface area contributed by atoms with Crippen LogP contribution in [0, 0.1) is 6.92 Å². The fourth-order valence-corrected chi connectivity index (χ4v) is 5.37. The number of carbonyl (C=O) groups excluding carboxylic acids is 1. The minimum atomic E-state index is 0.123. The Morgan fingerprint density at radius 3 is 2.67 bits per heavy atom. The maximum atomic E-state index is 13.2. The van der Waals surface area contributed by atoms with Crippen LogP contribution in [-0.4, -0.2) is 48.4 Å². The lowest BCUT2D eigenvalue weighted by Gasteiger charge is -2.31. The van der Waals surface area contributed by atoms with E-state index in [0.717, 1.165) is 52.5 Å². The molecule has 1 aliphatic rings. The average molecular weight is 421 g/mol. The Balaban J connectivity index is 1.33. The highest BCUT2D eigenvalue weighted by Crippen LogP contribution is 2.32. The standard InChI is InChI=1S/C22H24N6OS/c1-15-18-12-19(30-22(18)28(25-15)13-16-6-4-3-5-7-16)21(29)27-10-8-17(9-11-27)20-24-23-14-26(20)2/h3-7,12,14,17H,8-11,13H2,1-2H3. The van der Waals surface area contributed by atoms with Crippen molar-refractivity contribution in [2.45, 2.75) is 32.2 Å². The van der Waals surface area contributed by atoms with Gasteiger partial charge in [0.1, 0.15) is 17.0 Å². The number of rotatable bonds is 4. The lowest BCUT2D eigenvalue weighted by atomic mass is 9.96. The van der Waals surface area contributed by atoms with Gasteiger partial charge >= 0.3 is 0 Å². The number of carbonyl (C=O) groups is 1. The Hall–Kier alpha value is -3.00. The summed E-state index contributed by atoms with van der Waals surface area (Å²) in [5.74, 6) is 1.50. The first kappa shape index (κ1) is 19.0. The van der Waals surface area contributed by atoms with E-state index in [1.54, 1.807) is 17.7 Å². The molecule has 0 N–H and O–H groups in total. The molecule has 0 bridgehead atoms. The summed E-state index contributed by atoms with van der Waals surface area (Å²) in [6.07, 6.45) is 3.58. The van der Waals surface area contributed by atoms with Crippen molar-refractivity contribution in [3.05, 3.63) is 64.7 Å². The highest BCUT2D eigenvalue weighted by Gasteiger charge is 2.28. The van der Waals surface area contributed by atoms with Crippen LogP contribution in [0.4, 0.5) is 0 Å². The van der Waals surface area contributed by atoms with Crippen LogP contribution in [0.15, 0.2) is 42.7 Å². The van der Waals surface area contributed by atoms with Gasteiger partial charge in [0.2, 0.25) is 0 Å². The maximum absolute atomic E-state index is 13.2. The topological polar surface area (TPSA) is 68.8 Å². The first-order valence-electron chi connectivity index (χ1n) is 10.2. The number of thiophene rings is 1. The monoisotopic (exact) mass is 420 g/mol. The number of hydrogen-bond acceptors (Lipinski definition) is 5. The molecule has 30 heavy (non-hydrogen) atoms. The van der Waals surface area contributed by atoms with Gasteiger partial charge in [-0.3, -0.25) is 9.48 Å². The first-order valence-corrected chi connectivity index (χ1v) is 11.1. The van der Waals surface area contributed by atoms with Crippen LogP contribution in [0.25, 0.3) is 10.2 Å². The van der Waals surface area contributed by atoms with E-state index in [9.17, 15) is 4.79 Å². The number of amides is 1. The Kier molecular flexibility index (Phi) is 4.86. The minimum absolute atomic E-state index is 0.123. The van der Waals surface area contributed by atoms with E-state index in [-0.39, 0.29) is 5.91 Å². The lowest BCUT2D eigenvalue weighted by Crippen LogP contribution is -2.38. The van der Waals surface area contributed by atoms with Crippen molar-refractivity contribution in [2.24, 2.45) is 7.05 Å². The fraction of sp³-hybridized carbons (Fsp3) is 0.364. The summed E-state index contributed by atoms with van der Waals surface area (Å²) in [4.78, 5) is 17.0. The van der Waals surface area contributed by atoms with Crippen LogP contribution in [-0.2, 0) is 13.6 Å². The molecule has 7 nitrogen and oxygen atoms in total. The van der Waals surface area contributed by atoms with E-state index in [1.807, 2.05) is 52.4 Å². The zero-order valence-corrected chi connectivity index (χ0v) is 18.0. The van der Waals surface area contributed by atoms with Crippen molar-refractivity contribution in [3.63, 3.8) is 0 Å². The Labute approximate surface area is 179 Å². The van der Waals surface area contributed by atoms with Crippen LogP contribution in [0.5, 0.6) is 0 Å². The highest BCUT2D eigenvalue weighted by molar-refractivity contribution is 7.20. The molecule has 4 aromatic rings. The van der Waals surface area contributed by atoms with Crippen LogP contribution in [0.2, 0.25) is 0 Å². The molecule has 154 valence electrons. The summed E-state index contributed by atoms with van der Waals surface area (Å²) in [5.41, 5.74) is 2.17. The minimum Gasteiger partial charge on any atom is -0.338 e. The SMILES string of the molecule is Cc1nn(Cc2ccccc2)c2sc(C(=O)N3CCC(c4nncn4C)CC3)cc12. The van der Waals surface area contributed by atoms with Crippen LogP contribution in [0.1, 0.15) is 45.5 Å². The summed E-state index contributed by atoms with van der Waals surface area (Å²) in [6.45, 7) is 4.22. The fourth-order valence-electron chi connectivity index (χ4n) is 4.24. The normalized spacial score (nSPS) is 15.2. The second kappa shape index (κ2) is 7.68. The van der Waals surface area contributed by atoms with Gasteiger partial charge in [0.25, 0.3) is 5.91 Å². The van der Waals surface area contributed by atoms with Gasteiger partial charge in [0.05, 0.1) is 17.1 Å². The van der Waals surface area contributed by atoms with Gasteiger partial charge in [-0.05, 0) is 31.4 Å². The van der Waals surface area contributed by atoms with Crippen molar-refractivity contribution in [3.8, 4) is 0 Å². The third-order valence-corrected chi connectivity index (χ3v) is 7.02. The summed E-state index contributed by atoms with van der Waals surface area (Å²) in [5, 5.41) is 14.0. The summed E-state index contributed by atoms with van der Waals surface area (Å²) in [7, 11) is 1.98. The smallest absolute Gasteiger partial charge is 0.264 e. The molecule has 0 radical (unpaired) electrons. The Morgan fingerprint density at radius 1 is 1.20 bits per heavy atom. The second-order valence-corrected chi connectivity index (χ2v) is 8.96. The molecule has 1 amide bonds. The van der Waals surface area contributed by atoms with Crippen molar-refractivity contribution >= 4 is 27.5 Å². The van der Waals surface area contributed by atoms with E-state index < -0.39 is 0 Å². The molecule has 1 fully saturated rings. The van der Waals surface area contributed by atoms with Gasteiger partial charge in [0, 0.05) is 31.4 Å². The van der Waals surface area contributed by atoms with Gasteiger partial charge < -0.3 is 9.47 Å². The number of fused-ring (bicyclic) bond motifs is 1. The Morgan fingerprint density at radius 2 is 1.97 bits per heavy atom. The first-order chi connectivity index (χ1) is 14.6. The third-order valence-electron chi connectivity index (χ3n) is 5.89. The van der Waals surface area contributed by atoms with Crippen molar-refractivity contribution in [2.75, 3.05) is 13.1 Å². The molecule has 0 spiro atoms. The lowest BCUT2D eigenvalue weighted by molar-refractivity contribution is 0.0715. The molecule has 0 atom stereocenters.